The summed E-state index contributed by atoms with van der Waals surface area (Å²) in [6.07, 6.45) is 0. The molecular formula is C24H20FN3O3S2. The Hall–Kier alpha value is -3.43. The smallest absolute Gasteiger partial charge is 0.234 e. The van der Waals surface area contributed by atoms with E-state index in [2.05, 4.69) is 15.3 Å². The number of aromatic nitrogens is 2. The third kappa shape index (κ3) is 5.32. The fraction of sp³-hybridized carbons (Fsp3) is 0.0833. The van der Waals surface area contributed by atoms with Crippen molar-refractivity contribution in [3.8, 4) is 11.4 Å². The van der Waals surface area contributed by atoms with Crippen molar-refractivity contribution in [1.82, 2.24) is 9.97 Å². The summed E-state index contributed by atoms with van der Waals surface area (Å²) in [5, 5.41) is 2.71. The number of aromatic amines is 1. The minimum atomic E-state index is -3.90. The first-order valence-corrected chi connectivity index (χ1v) is 12.5. The van der Waals surface area contributed by atoms with E-state index in [0.29, 0.717) is 11.5 Å². The van der Waals surface area contributed by atoms with Crippen LogP contribution < -0.4 is 5.32 Å². The van der Waals surface area contributed by atoms with Gasteiger partial charge in [-0.15, -0.1) is 0 Å². The van der Waals surface area contributed by atoms with Crippen molar-refractivity contribution in [2.75, 3.05) is 11.1 Å². The zero-order valence-electron chi connectivity index (χ0n) is 17.6. The Morgan fingerprint density at radius 3 is 2.45 bits per heavy atom. The summed E-state index contributed by atoms with van der Waals surface area (Å²) in [5.74, 6) is -0.593. The molecule has 0 atom stereocenters. The summed E-state index contributed by atoms with van der Waals surface area (Å²) in [7, 11) is -3.90. The number of thioether (sulfide) groups is 1. The highest BCUT2D eigenvalue weighted by molar-refractivity contribution is 8.00. The molecule has 0 aliphatic heterocycles. The number of carbonyl (C=O) groups excluding carboxylic acids is 1. The van der Waals surface area contributed by atoms with Crippen molar-refractivity contribution in [3.05, 3.63) is 90.2 Å². The number of sulfone groups is 1. The van der Waals surface area contributed by atoms with Gasteiger partial charge in [0, 0.05) is 11.3 Å². The number of H-pyrrole nitrogens is 1. The zero-order valence-corrected chi connectivity index (χ0v) is 19.2. The van der Waals surface area contributed by atoms with Crippen molar-refractivity contribution in [2.45, 2.75) is 21.9 Å². The van der Waals surface area contributed by atoms with E-state index in [9.17, 15) is 17.6 Å². The highest BCUT2D eigenvalue weighted by atomic mass is 32.2. The lowest BCUT2D eigenvalue weighted by Gasteiger charge is -2.06. The standard InChI is InChI=1S/C24H20FN3O3S2/c1-16-10-12-17(13-11-16)22-27-23(24(28-22)33(30,31)20-8-3-2-4-9-20)32-15-21(29)26-19-7-5-6-18(25)14-19/h2-14H,15H2,1H3,(H,26,29)(H,27,28). The Morgan fingerprint density at radius 1 is 1.03 bits per heavy atom. The van der Waals surface area contributed by atoms with E-state index < -0.39 is 21.6 Å². The molecule has 0 fully saturated rings. The number of rotatable bonds is 7. The van der Waals surface area contributed by atoms with Gasteiger partial charge in [0.25, 0.3) is 0 Å². The van der Waals surface area contributed by atoms with Gasteiger partial charge in [-0.3, -0.25) is 4.79 Å². The van der Waals surface area contributed by atoms with Crippen molar-refractivity contribution < 1.29 is 17.6 Å². The highest BCUT2D eigenvalue weighted by Gasteiger charge is 2.26. The second-order valence-electron chi connectivity index (χ2n) is 7.25. The number of imidazole rings is 1. The second kappa shape index (κ2) is 9.60. The molecular weight excluding hydrogens is 461 g/mol. The maximum atomic E-state index is 13.4. The lowest BCUT2D eigenvalue weighted by Crippen LogP contribution is -2.14. The van der Waals surface area contributed by atoms with Crippen LogP contribution in [0.5, 0.6) is 0 Å². The van der Waals surface area contributed by atoms with Crippen LogP contribution in [0.1, 0.15) is 5.56 Å². The Kier molecular flexibility index (Phi) is 6.62. The molecule has 0 aliphatic carbocycles. The molecule has 6 nitrogen and oxygen atoms in total. The molecule has 0 saturated carbocycles. The van der Waals surface area contributed by atoms with Gasteiger partial charge in [0.1, 0.15) is 16.7 Å². The molecule has 4 rings (SSSR count). The average molecular weight is 482 g/mol. The Bertz CT molecular complexity index is 1390. The van der Waals surface area contributed by atoms with E-state index >= 15 is 0 Å². The van der Waals surface area contributed by atoms with Gasteiger partial charge in [-0.25, -0.2) is 17.8 Å². The number of anilines is 1. The fourth-order valence-electron chi connectivity index (χ4n) is 3.08. The number of carbonyl (C=O) groups is 1. The van der Waals surface area contributed by atoms with Crippen LogP contribution in [0.3, 0.4) is 0 Å². The van der Waals surface area contributed by atoms with E-state index in [0.717, 1.165) is 22.9 Å². The first-order chi connectivity index (χ1) is 15.8. The summed E-state index contributed by atoms with van der Waals surface area (Å²) in [6, 6.07) is 21.1. The van der Waals surface area contributed by atoms with Crippen LogP contribution in [0.15, 0.2) is 93.8 Å². The Balaban J connectivity index is 1.64. The van der Waals surface area contributed by atoms with E-state index in [1.165, 1.54) is 30.3 Å². The maximum Gasteiger partial charge on any atom is 0.234 e. The van der Waals surface area contributed by atoms with Gasteiger partial charge in [-0.05, 0) is 37.3 Å². The molecule has 1 amide bonds. The molecule has 0 aliphatic rings. The van der Waals surface area contributed by atoms with Crippen LogP contribution in [0.4, 0.5) is 10.1 Å². The van der Waals surface area contributed by atoms with Crippen LogP contribution in [0.25, 0.3) is 11.4 Å². The van der Waals surface area contributed by atoms with Crippen LogP contribution >= 0.6 is 11.8 Å². The molecule has 3 aromatic carbocycles. The lowest BCUT2D eigenvalue weighted by molar-refractivity contribution is -0.113. The maximum absolute atomic E-state index is 13.4. The third-order valence-corrected chi connectivity index (χ3v) is 7.57. The number of amides is 1. The first kappa shape index (κ1) is 22.8. The van der Waals surface area contributed by atoms with Gasteiger partial charge in [-0.2, -0.15) is 0 Å². The number of benzene rings is 3. The van der Waals surface area contributed by atoms with E-state index in [1.807, 2.05) is 31.2 Å². The Morgan fingerprint density at radius 2 is 1.76 bits per heavy atom. The molecule has 9 heteroatoms. The molecule has 1 heterocycles. The second-order valence-corrected chi connectivity index (χ2v) is 10.1. The molecule has 0 radical (unpaired) electrons. The van der Waals surface area contributed by atoms with Gasteiger partial charge < -0.3 is 10.3 Å². The molecule has 168 valence electrons. The van der Waals surface area contributed by atoms with E-state index in [4.69, 9.17) is 0 Å². The van der Waals surface area contributed by atoms with Crippen molar-refractivity contribution in [2.24, 2.45) is 0 Å². The quantitative estimate of drug-likeness (QED) is 0.359. The van der Waals surface area contributed by atoms with Crippen molar-refractivity contribution in [1.29, 1.82) is 0 Å². The van der Waals surface area contributed by atoms with Gasteiger partial charge in [0.2, 0.25) is 15.7 Å². The number of hydrogen-bond acceptors (Lipinski definition) is 5. The lowest BCUT2D eigenvalue weighted by atomic mass is 10.1. The van der Waals surface area contributed by atoms with Crippen LogP contribution in [-0.2, 0) is 14.6 Å². The summed E-state index contributed by atoms with van der Waals surface area (Å²) < 4.78 is 40.0. The van der Waals surface area contributed by atoms with Crippen LogP contribution in [0.2, 0.25) is 0 Å². The molecule has 33 heavy (non-hydrogen) atoms. The van der Waals surface area contributed by atoms with Gasteiger partial charge in [-0.1, -0.05) is 65.9 Å². The largest absolute Gasteiger partial charge is 0.328 e. The monoisotopic (exact) mass is 481 g/mol. The summed E-state index contributed by atoms with van der Waals surface area (Å²) in [5.41, 5.74) is 2.10. The van der Waals surface area contributed by atoms with Crippen LogP contribution in [0, 0.1) is 12.7 Å². The molecule has 1 aromatic heterocycles. The summed E-state index contributed by atoms with van der Waals surface area (Å²) in [4.78, 5) is 19.9. The van der Waals surface area contributed by atoms with E-state index in [1.54, 1.807) is 24.3 Å². The molecule has 0 unspecified atom stereocenters. The summed E-state index contributed by atoms with van der Waals surface area (Å²) in [6.45, 7) is 1.95. The van der Waals surface area contributed by atoms with Crippen molar-refractivity contribution >= 4 is 33.2 Å². The molecule has 4 aromatic rings. The summed E-state index contributed by atoms with van der Waals surface area (Å²) >= 11 is 0.991. The number of aryl methyl sites for hydroxylation is 1. The van der Waals surface area contributed by atoms with Gasteiger partial charge >= 0.3 is 0 Å². The number of hydrogen-bond donors (Lipinski definition) is 2. The fourth-order valence-corrected chi connectivity index (χ4v) is 5.53. The highest BCUT2D eigenvalue weighted by Crippen LogP contribution is 2.32. The van der Waals surface area contributed by atoms with Gasteiger partial charge in [0.05, 0.1) is 10.6 Å². The minimum Gasteiger partial charge on any atom is -0.328 e. The molecule has 0 saturated heterocycles. The van der Waals surface area contributed by atoms with Crippen molar-refractivity contribution in [3.63, 3.8) is 0 Å². The number of halogens is 1. The zero-order chi connectivity index (χ0) is 23.4. The van der Waals surface area contributed by atoms with E-state index in [-0.39, 0.29) is 20.7 Å². The third-order valence-electron chi connectivity index (χ3n) is 4.74. The molecule has 0 bridgehead atoms. The first-order valence-electron chi connectivity index (χ1n) is 9.98. The topological polar surface area (TPSA) is 91.9 Å². The molecule has 2 N–H and O–H groups in total. The number of nitrogens with one attached hydrogen (secondary N) is 2. The molecule has 0 spiro atoms. The van der Waals surface area contributed by atoms with Gasteiger partial charge in [0.15, 0.2) is 5.03 Å². The van der Waals surface area contributed by atoms with Crippen LogP contribution in [-0.4, -0.2) is 30.0 Å². The predicted molar refractivity (Wildman–Crippen MR) is 126 cm³/mol. The SMILES string of the molecule is Cc1ccc(-c2nc(SCC(=O)Nc3cccc(F)c3)c(S(=O)(=O)c3ccccc3)[nH]2)cc1. The normalized spacial score (nSPS) is 11.3. The Labute approximate surface area is 195 Å². The number of nitrogens with zero attached hydrogens (tertiary/aromatic N) is 1. The average Bonchev–Trinajstić information content (AvgIpc) is 3.24. The minimum absolute atomic E-state index is 0.0761. The predicted octanol–water partition coefficient (Wildman–Crippen LogP) is 5.09.